The molecular formula is C19H18ClFN4O2S. The quantitative estimate of drug-likeness (QED) is 0.555. The molecule has 0 fully saturated rings. The van der Waals surface area contributed by atoms with Gasteiger partial charge in [-0.1, -0.05) is 23.4 Å². The highest BCUT2D eigenvalue weighted by Gasteiger charge is 2.16. The van der Waals surface area contributed by atoms with Gasteiger partial charge >= 0.3 is 0 Å². The normalized spacial score (nSPS) is 10.8. The summed E-state index contributed by atoms with van der Waals surface area (Å²) in [6.45, 7) is 1.03. The number of carbonyl (C=O) groups excluding carboxylic acids is 1. The first-order valence-electron chi connectivity index (χ1n) is 8.43. The number of carbonyl (C=O) groups is 1. The van der Waals surface area contributed by atoms with Gasteiger partial charge in [-0.3, -0.25) is 9.36 Å². The van der Waals surface area contributed by atoms with Gasteiger partial charge in [0.05, 0.1) is 18.9 Å². The van der Waals surface area contributed by atoms with Gasteiger partial charge in [0.25, 0.3) is 0 Å². The molecule has 0 spiro atoms. The molecule has 1 amide bonds. The van der Waals surface area contributed by atoms with Crippen molar-refractivity contribution < 1.29 is 13.9 Å². The van der Waals surface area contributed by atoms with Gasteiger partial charge < -0.3 is 10.1 Å². The number of halogens is 2. The minimum Gasteiger partial charge on any atom is -0.383 e. The third-order valence-corrected chi connectivity index (χ3v) is 5.02. The summed E-state index contributed by atoms with van der Waals surface area (Å²) in [6.07, 6.45) is 0. The molecule has 9 heteroatoms. The Labute approximate surface area is 171 Å². The van der Waals surface area contributed by atoms with Crippen LogP contribution >= 0.6 is 23.4 Å². The van der Waals surface area contributed by atoms with E-state index in [0.717, 1.165) is 5.56 Å². The van der Waals surface area contributed by atoms with Crippen molar-refractivity contribution in [3.8, 4) is 11.4 Å². The number of benzene rings is 2. The van der Waals surface area contributed by atoms with Crippen molar-refractivity contribution >= 4 is 35.0 Å². The van der Waals surface area contributed by atoms with Crippen molar-refractivity contribution in [2.45, 2.75) is 11.7 Å². The fourth-order valence-electron chi connectivity index (χ4n) is 2.45. The second-order valence-corrected chi connectivity index (χ2v) is 7.18. The molecule has 0 atom stereocenters. The standard InChI is InChI=1S/C19H18ClFN4O2S/c1-27-11-10-25-18(13-2-4-14(20)5-3-13)23-24-19(25)28-12-17(26)22-16-8-6-15(21)7-9-16/h2-9H,10-12H2,1H3,(H,22,26). The molecule has 28 heavy (non-hydrogen) atoms. The molecule has 0 unspecified atom stereocenters. The van der Waals surface area contributed by atoms with E-state index in [1.807, 2.05) is 16.7 Å². The van der Waals surface area contributed by atoms with E-state index in [-0.39, 0.29) is 17.5 Å². The Hall–Kier alpha value is -2.42. The lowest BCUT2D eigenvalue weighted by Crippen LogP contribution is -2.15. The fourth-order valence-corrected chi connectivity index (χ4v) is 3.34. The maximum Gasteiger partial charge on any atom is 0.234 e. The van der Waals surface area contributed by atoms with Crippen LogP contribution in [-0.2, 0) is 16.1 Å². The summed E-state index contributed by atoms with van der Waals surface area (Å²) in [5, 5.41) is 12.4. The molecule has 1 aromatic heterocycles. The first-order valence-corrected chi connectivity index (χ1v) is 9.79. The van der Waals surface area contributed by atoms with E-state index in [4.69, 9.17) is 16.3 Å². The van der Waals surface area contributed by atoms with Gasteiger partial charge in [0.1, 0.15) is 5.82 Å². The molecule has 6 nitrogen and oxygen atoms in total. The topological polar surface area (TPSA) is 69.0 Å². The van der Waals surface area contributed by atoms with Crippen molar-refractivity contribution in [1.29, 1.82) is 0 Å². The van der Waals surface area contributed by atoms with Crippen LogP contribution in [0.15, 0.2) is 53.7 Å². The van der Waals surface area contributed by atoms with Crippen LogP contribution in [0.25, 0.3) is 11.4 Å². The molecule has 0 saturated heterocycles. The van der Waals surface area contributed by atoms with Gasteiger partial charge in [-0.25, -0.2) is 4.39 Å². The minimum absolute atomic E-state index is 0.142. The Morgan fingerprint density at radius 2 is 1.89 bits per heavy atom. The van der Waals surface area contributed by atoms with Crippen LogP contribution < -0.4 is 5.32 Å². The molecule has 0 aliphatic rings. The number of nitrogens with one attached hydrogen (secondary N) is 1. The molecule has 1 N–H and O–H groups in total. The third kappa shape index (κ3) is 5.31. The maximum absolute atomic E-state index is 13.0. The van der Waals surface area contributed by atoms with Crippen molar-refractivity contribution in [3.63, 3.8) is 0 Å². The lowest BCUT2D eigenvalue weighted by molar-refractivity contribution is -0.113. The van der Waals surface area contributed by atoms with Gasteiger partial charge in [-0.05, 0) is 48.5 Å². The van der Waals surface area contributed by atoms with Crippen LogP contribution in [0.2, 0.25) is 5.02 Å². The van der Waals surface area contributed by atoms with Crippen LogP contribution in [0.3, 0.4) is 0 Å². The summed E-state index contributed by atoms with van der Waals surface area (Å²) in [6, 6.07) is 12.9. The van der Waals surface area contributed by atoms with Crippen LogP contribution in [0.4, 0.5) is 10.1 Å². The zero-order valence-corrected chi connectivity index (χ0v) is 16.6. The second kappa shape index (κ2) is 9.68. The summed E-state index contributed by atoms with van der Waals surface area (Å²) in [5.41, 5.74) is 1.41. The smallest absolute Gasteiger partial charge is 0.234 e. The number of methoxy groups -OCH3 is 1. The average molecular weight is 421 g/mol. The molecule has 0 aliphatic heterocycles. The summed E-state index contributed by atoms with van der Waals surface area (Å²) >= 11 is 7.22. The maximum atomic E-state index is 13.0. The zero-order chi connectivity index (χ0) is 19.9. The van der Waals surface area contributed by atoms with Crippen LogP contribution in [0.1, 0.15) is 0 Å². The lowest BCUT2D eigenvalue weighted by atomic mass is 10.2. The van der Waals surface area contributed by atoms with Gasteiger partial charge in [0, 0.05) is 23.4 Å². The molecule has 3 rings (SSSR count). The molecule has 0 radical (unpaired) electrons. The number of aromatic nitrogens is 3. The number of amides is 1. The largest absolute Gasteiger partial charge is 0.383 e. The van der Waals surface area contributed by atoms with Crippen molar-refractivity contribution in [2.75, 3.05) is 24.8 Å². The Bertz CT molecular complexity index is 932. The molecule has 0 bridgehead atoms. The number of thioether (sulfide) groups is 1. The lowest BCUT2D eigenvalue weighted by Gasteiger charge is -2.10. The number of rotatable bonds is 8. The highest BCUT2D eigenvalue weighted by atomic mass is 35.5. The Kier molecular flexibility index (Phi) is 7.02. The van der Waals surface area contributed by atoms with Gasteiger partial charge in [-0.2, -0.15) is 0 Å². The molecule has 1 heterocycles. The average Bonchev–Trinajstić information content (AvgIpc) is 3.10. The summed E-state index contributed by atoms with van der Waals surface area (Å²) in [5.74, 6) is 0.248. The van der Waals surface area contributed by atoms with E-state index < -0.39 is 0 Å². The van der Waals surface area contributed by atoms with E-state index in [1.54, 1.807) is 19.2 Å². The number of anilines is 1. The number of ether oxygens (including phenoxy) is 1. The predicted molar refractivity (Wildman–Crippen MR) is 108 cm³/mol. The summed E-state index contributed by atoms with van der Waals surface area (Å²) in [7, 11) is 1.62. The van der Waals surface area contributed by atoms with Crippen LogP contribution in [0, 0.1) is 5.82 Å². The Morgan fingerprint density at radius 1 is 1.18 bits per heavy atom. The third-order valence-electron chi connectivity index (χ3n) is 3.80. The monoisotopic (exact) mass is 420 g/mol. The number of nitrogens with zero attached hydrogens (tertiary/aromatic N) is 3. The SMILES string of the molecule is COCCn1c(SCC(=O)Nc2ccc(F)cc2)nnc1-c1ccc(Cl)cc1. The highest BCUT2D eigenvalue weighted by Crippen LogP contribution is 2.25. The van der Waals surface area contributed by atoms with Crippen molar-refractivity contribution in [2.24, 2.45) is 0 Å². The van der Waals surface area contributed by atoms with Gasteiger partial charge in [-0.15, -0.1) is 10.2 Å². The van der Waals surface area contributed by atoms with E-state index in [9.17, 15) is 9.18 Å². The highest BCUT2D eigenvalue weighted by molar-refractivity contribution is 7.99. The molecule has 146 valence electrons. The molecule has 3 aromatic rings. The second-order valence-electron chi connectivity index (χ2n) is 5.80. The van der Waals surface area contributed by atoms with Crippen molar-refractivity contribution in [1.82, 2.24) is 14.8 Å². The van der Waals surface area contributed by atoms with Gasteiger partial charge in [0.15, 0.2) is 11.0 Å². The van der Waals surface area contributed by atoms with E-state index >= 15 is 0 Å². The number of hydrogen-bond acceptors (Lipinski definition) is 5. The van der Waals surface area contributed by atoms with E-state index in [2.05, 4.69) is 15.5 Å². The van der Waals surface area contributed by atoms with Crippen LogP contribution in [-0.4, -0.2) is 40.1 Å². The molecule has 2 aromatic carbocycles. The Balaban J connectivity index is 1.71. The Morgan fingerprint density at radius 3 is 2.57 bits per heavy atom. The zero-order valence-electron chi connectivity index (χ0n) is 15.1. The molecular weight excluding hydrogens is 403 g/mol. The minimum atomic E-state index is -0.353. The van der Waals surface area contributed by atoms with Crippen LogP contribution in [0.5, 0.6) is 0 Å². The number of hydrogen-bond donors (Lipinski definition) is 1. The van der Waals surface area contributed by atoms with Gasteiger partial charge in [0.2, 0.25) is 5.91 Å². The molecule has 0 saturated carbocycles. The molecule has 0 aliphatic carbocycles. The summed E-state index contributed by atoms with van der Waals surface area (Å²) in [4.78, 5) is 12.2. The first-order chi connectivity index (χ1) is 13.6. The fraction of sp³-hybridized carbons (Fsp3) is 0.211. The predicted octanol–water partition coefficient (Wildman–Crippen LogP) is 4.11. The first kappa shape index (κ1) is 20.3. The van der Waals surface area contributed by atoms with Crippen molar-refractivity contribution in [3.05, 3.63) is 59.4 Å². The van der Waals surface area contributed by atoms with E-state index in [0.29, 0.717) is 34.8 Å². The summed E-state index contributed by atoms with van der Waals surface area (Å²) < 4.78 is 20.0. The van der Waals surface area contributed by atoms with E-state index in [1.165, 1.54) is 36.0 Å².